The van der Waals surface area contributed by atoms with Gasteiger partial charge in [0.2, 0.25) is 0 Å². The van der Waals surface area contributed by atoms with Crippen LogP contribution in [-0.4, -0.2) is 28.0 Å². The number of ether oxygens (including phenoxy) is 1. The second-order valence-corrected chi connectivity index (χ2v) is 5.00. The van der Waals surface area contributed by atoms with Crippen molar-refractivity contribution in [3.05, 3.63) is 35.6 Å². The zero-order valence-electron chi connectivity index (χ0n) is 11.4. The number of carboxylic acid groups (broad SMARTS) is 1. The van der Waals surface area contributed by atoms with Crippen LogP contribution in [0.15, 0.2) is 24.3 Å². The summed E-state index contributed by atoms with van der Waals surface area (Å²) < 4.78 is 17.6. The molecule has 0 unspecified atom stereocenters. The fraction of sp³-hybridized carbons (Fsp3) is 0.385. The Morgan fingerprint density at radius 2 is 1.80 bits per heavy atom. The zero-order valence-corrected chi connectivity index (χ0v) is 11.4. The summed E-state index contributed by atoms with van der Waals surface area (Å²) >= 11 is 0. The summed E-state index contributed by atoms with van der Waals surface area (Å²) in [6, 6.07) is 5.15. The van der Waals surface area contributed by atoms with Gasteiger partial charge in [-0.15, -0.1) is 5.06 Å². The van der Waals surface area contributed by atoms with E-state index in [9.17, 15) is 14.0 Å². The van der Waals surface area contributed by atoms with Crippen molar-refractivity contribution in [3.8, 4) is 0 Å². The molecule has 0 saturated heterocycles. The van der Waals surface area contributed by atoms with Gasteiger partial charge in [-0.3, -0.25) is 4.84 Å². The number of hydroxylamine groups is 2. The van der Waals surface area contributed by atoms with Gasteiger partial charge in [-0.2, -0.15) is 0 Å². The first-order chi connectivity index (χ1) is 9.17. The molecule has 1 rings (SSSR count). The van der Waals surface area contributed by atoms with E-state index in [1.807, 2.05) is 0 Å². The Labute approximate surface area is 115 Å². The molecule has 0 aliphatic heterocycles. The lowest BCUT2D eigenvalue weighted by molar-refractivity contribution is -0.127. The Morgan fingerprint density at radius 3 is 2.25 bits per heavy atom. The summed E-state index contributed by atoms with van der Waals surface area (Å²) in [5.41, 5.74) is -0.325. The van der Waals surface area contributed by atoms with Crippen LogP contribution >= 0.6 is 0 Å². The van der Waals surface area contributed by atoms with Crippen molar-refractivity contribution in [1.82, 2.24) is 5.06 Å². The average Bonchev–Trinajstić information content (AvgIpc) is 2.28. The van der Waals surface area contributed by atoms with Gasteiger partial charge in [0.1, 0.15) is 11.4 Å². The highest BCUT2D eigenvalue weighted by Crippen LogP contribution is 2.12. The van der Waals surface area contributed by atoms with Crippen LogP contribution in [0.25, 0.3) is 0 Å². The third kappa shape index (κ3) is 5.55. The van der Waals surface area contributed by atoms with E-state index in [0.717, 1.165) is 0 Å². The number of benzene rings is 1. The molecule has 0 atom stereocenters. The molecule has 6 nitrogen and oxygen atoms in total. The van der Waals surface area contributed by atoms with Crippen molar-refractivity contribution in [3.63, 3.8) is 0 Å². The normalized spacial score (nSPS) is 10.8. The molecule has 0 radical (unpaired) electrons. The topological polar surface area (TPSA) is 76.1 Å². The molecule has 1 amide bonds. The van der Waals surface area contributed by atoms with E-state index in [-0.39, 0.29) is 6.54 Å². The molecule has 0 aliphatic carbocycles. The molecule has 110 valence electrons. The minimum Gasteiger partial charge on any atom is -0.463 e. The Balaban J connectivity index is 2.68. The van der Waals surface area contributed by atoms with Crippen molar-refractivity contribution in [2.45, 2.75) is 32.9 Å². The summed E-state index contributed by atoms with van der Waals surface area (Å²) in [5.74, 6) is -0.441. The van der Waals surface area contributed by atoms with Crippen molar-refractivity contribution in [2.24, 2.45) is 0 Å². The van der Waals surface area contributed by atoms with Crippen LogP contribution in [0, 0.1) is 5.82 Å². The molecule has 0 heterocycles. The number of halogens is 1. The molecule has 20 heavy (non-hydrogen) atoms. The predicted octanol–water partition coefficient (Wildman–Crippen LogP) is 3.17. The third-order valence-electron chi connectivity index (χ3n) is 2.03. The quantitative estimate of drug-likeness (QED) is 0.667. The molecule has 1 N–H and O–H groups in total. The first-order valence-corrected chi connectivity index (χ1v) is 5.83. The highest BCUT2D eigenvalue weighted by atomic mass is 19.1. The number of carbonyl (C=O) groups is 2. The first kappa shape index (κ1) is 15.7. The van der Waals surface area contributed by atoms with Gasteiger partial charge in [-0.1, -0.05) is 12.1 Å². The molecule has 1 aromatic carbocycles. The van der Waals surface area contributed by atoms with Crippen LogP contribution < -0.4 is 0 Å². The van der Waals surface area contributed by atoms with Crippen molar-refractivity contribution < 1.29 is 28.7 Å². The summed E-state index contributed by atoms with van der Waals surface area (Å²) in [7, 11) is 0. The molecule has 1 aromatic rings. The minimum absolute atomic E-state index is 0.227. The van der Waals surface area contributed by atoms with E-state index >= 15 is 0 Å². The van der Waals surface area contributed by atoms with E-state index in [2.05, 4.69) is 4.84 Å². The van der Waals surface area contributed by atoms with Crippen molar-refractivity contribution in [1.29, 1.82) is 0 Å². The molecule has 7 heteroatoms. The van der Waals surface area contributed by atoms with Gasteiger partial charge in [0.05, 0.1) is 6.54 Å². The number of amides is 1. The van der Waals surface area contributed by atoms with Gasteiger partial charge in [0.15, 0.2) is 0 Å². The van der Waals surface area contributed by atoms with Gasteiger partial charge < -0.3 is 9.84 Å². The molecule has 0 aromatic heterocycles. The molecule has 0 fully saturated rings. The van der Waals surface area contributed by atoms with Crippen LogP contribution in [0.4, 0.5) is 14.0 Å². The second-order valence-electron chi connectivity index (χ2n) is 5.00. The number of hydrogen-bond donors (Lipinski definition) is 1. The molecule has 0 aliphatic rings. The van der Waals surface area contributed by atoms with Crippen LogP contribution in [-0.2, 0) is 16.1 Å². The molecule has 0 spiro atoms. The standard InChI is InChI=1S/C13H16FNO5/c1-13(2,3)19-12(18)20-15(11(16)17)8-9-4-6-10(14)7-5-9/h4-7H,8H2,1-3H3,(H,16,17). The number of nitrogens with zero attached hydrogens (tertiary/aromatic N) is 1. The summed E-state index contributed by atoms with van der Waals surface area (Å²) in [4.78, 5) is 27.0. The SMILES string of the molecule is CC(C)(C)OC(=O)ON(Cc1ccc(F)cc1)C(=O)O. The smallest absolute Gasteiger partial charge is 0.463 e. The Bertz CT molecular complexity index is 481. The van der Waals surface area contributed by atoms with Crippen LogP contribution in [0.5, 0.6) is 0 Å². The molecular formula is C13H16FNO5. The zero-order chi connectivity index (χ0) is 15.3. The summed E-state index contributed by atoms with van der Waals surface area (Å²) in [5, 5.41) is 9.37. The monoisotopic (exact) mass is 285 g/mol. The second kappa shape index (κ2) is 6.23. The van der Waals surface area contributed by atoms with Crippen LogP contribution in [0.1, 0.15) is 26.3 Å². The average molecular weight is 285 g/mol. The highest BCUT2D eigenvalue weighted by Gasteiger charge is 2.23. The van der Waals surface area contributed by atoms with Gasteiger partial charge in [-0.05, 0) is 38.5 Å². The van der Waals surface area contributed by atoms with Gasteiger partial charge in [0, 0.05) is 0 Å². The molecule has 0 saturated carbocycles. The third-order valence-corrected chi connectivity index (χ3v) is 2.03. The maximum Gasteiger partial charge on any atom is 0.534 e. The maximum absolute atomic E-state index is 12.7. The fourth-order valence-electron chi connectivity index (χ4n) is 1.25. The number of rotatable bonds is 2. The molecule has 0 bridgehead atoms. The van der Waals surface area contributed by atoms with E-state index in [1.165, 1.54) is 24.3 Å². The lowest BCUT2D eigenvalue weighted by Crippen LogP contribution is -2.35. The van der Waals surface area contributed by atoms with Gasteiger partial charge in [-0.25, -0.2) is 14.0 Å². The van der Waals surface area contributed by atoms with E-state index in [4.69, 9.17) is 9.84 Å². The van der Waals surface area contributed by atoms with E-state index in [1.54, 1.807) is 20.8 Å². The summed E-state index contributed by atoms with van der Waals surface area (Å²) in [6.45, 7) is 4.65. The largest absolute Gasteiger partial charge is 0.534 e. The molecular weight excluding hydrogens is 269 g/mol. The van der Waals surface area contributed by atoms with Crippen molar-refractivity contribution >= 4 is 12.2 Å². The van der Waals surface area contributed by atoms with Gasteiger partial charge in [0.25, 0.3) is 0 Å². The first-order valence-electron chi connectivity index (χ1n) is 5.83. The van der Waals surface area contributed by atoms with E-state index < -0.39 is 23.7 Å². The number of hydrogen-bond acceptors (Lipinski definition) is 4. The minimum atomic E-state index is -1.46. The summed E-state index contributed by atoms with van der Waals surface area (Å²) in [6.07, 6.45) is -2.58. The fourth-order valence-corrected chi connectivity index (χ4v) is 1.25. The van der Waals surface area contributed by atoms with Crippen LogP contribution in [0.3, 0.4) is 0 Å². The maximum atomic E-state index is 12.7. The van der Waals surface area contributed by atoms with E-state index in [0.29, 0.717) is 10.6 Å². The Kier molecular flexibility index (Phi) is 4.90. The lowest BCUT2D eigenvalue weighted by Gasteiger charge is -2.22. The Morgan fingerprint density at radius 1 is 1.25 bits per heavy atom. The highest BCUT2D eigenvalue weighted by molar-refractivity contribution is 5.67. The lowest BCUT2D eigenvalue weighted by atomic mass is 10.2. The van der Waals surface area contributed by atoms with Gasteiger partial charge >= 0.3 is 12.2 Å². The Hall–Kier alpha value is -2.31. The van der Waals surface area contributed by atoms with Crippen molar-refractivity contribution in [2.75, 3.05) is 0 Å². The predicted molar refractivity (Wildman–Crippen MR) is 67.3 cm³/mol. The number of carbonyl (C=O) groups excluding carboxylic acids is 1. The van der Waals surface area contributed by atoms with Crippen LogP contribution in [0.2, 0.25) is 0 Å².